The van der Waals surface area contributed by atoms with Crippen molar-refractivity contribution in [1.82, 2.24) is 5.32 Å². The number of aliphatic hydroxyl groups is 1. The van der Waals surface area contributed by atoms with Gasteiger partial charge in [0.1, 0.15) is 0 Å². The summed E-state index contributed by atoms with van der Waals surface area (Å²) < 4.78 is 0. The lowest BCUT2D eigenvalue weighted by atomic mass is 10.1. The van der Waals surface area contributed by atoms with Crippen molar-refractivity contribution in [2.45, 2.75) is 20.0 Å². The highest BCUT2D eigenvalue weighted by atomic mass is 35.5. The van der Waals surface area contributed by atoms with Crippen molar-refractivity contribution in [2.75, 3.05) is 6.54 Å². The fraction of sp³-hybridized carbons (Fsp3) is 0.467. The first-order valence-corrected chi connectivity index (χ1v) is 7.54. The van der Waals surface area contributed by atoms with Gasteiger partial charge in [-0.05, 0) is 29.2 Å². The van der Waals surface area contributed by atoms with Gasteiger partial charge in [0.25, 0.3) is 0 Å². The molecule has 1 aromatic carbocycles. The lowest BCUT2D eigenvalue weighted by Gasteiger charge is -2.13. The van der Waals surface area contributed by atoms with Crippen LogP contribution in [0.3, 0.4) is 0 Å². The van der Waals surface area contributed by atoms with Crippen LogP contribution in [0.5, 0.6) is 0 Å². The van der Waals surface area contributed by atoms with Crippen molar-refractivity contribution in [3.63, 3.8) is 0 Å². The van der Waals surface area contributed by atoms with Crippen molar-refractivity contribution < 1.29 is 19.8 Å². The Morgan fingerprint density at radius 1 is 1.23 bits per heavy atom. The molecule has 0 radical (unpaired) electrons. The summed E-state index contributed by atoms with van der Waals surface area (Å²) in [7, 11) is 0. The molecule has 1 unspecified atom stereocenters. The largest absolute Gasteiger partial charge is 0.481 e. The first-order valence-electron chi connectivity index (χ1n) is 6.79. The lowest BCUT2D eigenvalue weighted by Crippen LogP contribution is -2.31. The van der Waals surface area contributed by atoms with Crippen LogP contribution in [0.1, 0.15) is 25.5 Å². The van der Waals surface area contributed by atoms with Gasteiger partial charge in [0, 0.05) is 16.6 Å². The van der Waals surface area contributed by atoms with Gasteiger partial charge in [0.15, 0.2) is 0 Å². The first kappa shape index (κ1) is 17.1. The molecule has 7 heteroatoms. The van der Waals surface area contributed by atoms with Gasteiger partial charge in [-0.25, -0.2) is 0 Å². The maximum atomic E-state index is 12.1. The monoisotopic (exact) mass is 345 g/mol. The van der Waals surface area contributed by atoms with Crippen LogP contribution in [-0.2, 0) is 9.59 Å². The minimum absolute atomic E-state index is 0.0333. The third-order valence-electron chi connectivity index (χ3n) is 4.12. The molecule has 0 heterocycles. The standard InChI is InChI=1S/C15H17Cl2NO4/c1-15(2)11(12(15)14(21)22)13(20)18-6-10(19)7-3-8(16)5-9(17)4-7/h3-5,10-12,19H,6H2,1-2H3,(H,18,20)(H,21,22)/t10?,11-,12+/m1/s1. The maximum Gasteiger partial charge on any atom is 0.307 e. The van der Waals surface area contributed by atoms with E-state index in [1.165, 1.54) is 0 Å². The molecule has 1 fully saturated rings. The van der Waals surface area contributed by atoms with Crippen LogP contribution in [0.15, 0.2) is 18.2 Å². The second kappa shape index (κ2) is 6.07. The minimum atomic E-state index is -0.979. The smallest absolute Gasteiger partial charge is 0.307 e. The van der Waals surface area contributed by atoms with E-state index in [0.29, 0.717) is 15.6 Å². The zero-order valence-corrected chi connectivity index (χ0v) is 13.6. The highest BCUT2D eigenvalue weighted by molar-refractivity contribution is 6.34. The molecule has 0 aromatic heterocycles. The summed E-state index contributed by atoms with van der Waals surface area (Å²) in [6, 6.07) is 4.67. The Balaban J connectivity index is 1.96. The number of hydrogen-bond acceptors (Lipinski definition) is 3. The van der Waals surface area contributed by atoms with Crippen molar-refractivity contribution in [2.24, 2.45) is 17.3 Å². The Bertz CT molecular complexity index is 597. The molecule has 0 spiro atoms. The number of benzene rings is 1. The highest BCUT2D eigenvalue weighted by Crippen LogP contribution is 2.58. The average Bonchev–Trinajstić information content (AvgIpc) is 2.97. The molecule has 1 saturated carbocycles. The van der Waals surface area contributed by atoms with E-state index in [1.54, 1.807) is 32.0 Å². The van der Waals surface area contributed by atoms with E-state index in [1.807, 2.05) is 0 Å². The van der Waals surface area contributed by atoms with E-state index in [2.05, 4.69) is 5.32 Å². The topological polar surface area (TPSA) is 86.6 Å². The molecule has 2 rings (SSSR count). The Morgan fingerprint density at radius 2 is 1.77 bits per heavy atom. The fourth-order valence-electron chi connectivity index (χ4n) is 2.78. The van der Waals surface area contributed by atoms with Crippen molar-refractivity contribution in [1.29, 1.82) is 0 Å². The molecule has 5 nitrogen and oxygen atoms in total. The molecule has 22 heavy (non-hydrogen) atoms. The van der Waals surface area contributed by atoms with Crippen LogP contribution in [0.25, 0.3) is 0 Å². The fourth-order valence-corrected chi connectivity index (χ4v) is 3.32. The number of amides is 1. The zero-order chi connectivity index (χ0) is 16.7. The second-order valence-electron chi connectivity index (χ2n) is 6.08. The van der Waals surface area contributed by atoms with Crippen LogP contribution in [0.2, 0.25) is 10.0 Å². The minimum Gasteiger partial charge on any atom is -0.481 e. The summed E-state index contributed by atoms with van der Waals surface area (Å²) in [6.07, 6.45) is -0.967. The summed E-state index contributed by atoms with van der Waals surface area (Å²) in [5.74, 6) is -2.62. The molecular formula is C15H17Cl2NO4. The zero-order valence-electron chi connectivity index (χ0n) is 12.1. The van der Waals surface area contributed by atoms with Gasteiger partial charge in [-0.2, -0.15) is 0 Å². The summed E-state index contributed by atoms with van der Waals surface area (Å²) in [6.45, 7) is 3.45. The van der Waals surface area contributed by atoms with Gasteiger partial charge >= 0.3 is 5.97 Å². The third kappa shape index (κ3) is 3.37. The van der Waals surface area contributed by atoms with E-state index in [-0.39, 0.29) is 12.5 Å². The summed E-state index contributed by atoms with van der Waals surface area (Å²) >= 11 is 11.7. The molecule has 0 saturated heterocycles. The number of carbonyl (C=O) groups excluding carboxylic acids is 1. The molecule has 120 valence electrons. The molecule has 1 amide bonds. The van der Waals surface area contributed by atoms with Crippen LogP contribution >= 0.6 is 23.2 Å². The summed E-state index contributed by atoms with van der Waals surface area (Å²) in [5, 5.41) is 22.5. The quantitative estimate of drug-likeness (QED) is 0.765. The number of aliphatic hydroxyl groups excluding tert-OH is 1. The average molecular weight is 346 g/mol. The summed E-state index contributed by atoms with van der Waals surface area (Å²) in [5.41, 5.74) is -0.0807. The normalized spacial score (nSPS) is 23.7. The summed E-state index contributed by atoms with van der Waals surface area (Å²) in [4.78, 5) is 23.1. The van der Waals surface area contributed by atoms with E-state index in [4.69, 9.17) is 28.3 Å². The molecular weight excluding hydrogens is 329 g/mol. The SMILES string of the molecule is CC1(C)[C@H](C(=O)O)[C@@H]1C(=O)NCC(O)c1cc(Cl)cc(Cl)c1. The number of carboxylic acids is 1. The van der Waals surface area contributed by atoms with Gasteiger partial charge in [-0.15, -0.1) is 0 Å². The van der Waals surface area contributed by atoms with Crippen LogP contribution in [0, 0.1) is 17.3 Å². The van der Waals surface area contributed by atoms with Gasteiger partial charge in [0.2, 0.25) is 5.91 Å². The number of rotatable bonds is 5. The van der Waals surface area contributed by atoms with E-state index < -0.39 is 29.3 Å². The number of halogens is 2. The molecule has 0 aliphatic heterocycles. The number of aliphatic carboxylic acids is 1. The van der Waals surface area contributed by atoms with Crippen molar-refractivity contribution in [3.05, 3.63) is 33.8 Å². The third-order valence-corrected chi connectivity index (χ3v) is 4.55. The number of carbonyl (C=O) groups is 2. The molecule has 1 aliphatic rings. The van der Waals surface area contributed by atoms with Gasteiger partial charge in [0.05, 0.1) is 17.9 Å². The van der Waals surface area contributed by atoms with Gasteiger partial charge in [-0.1, -0.05) is 37.0 Å². The number of carboxylic acid groups (broad SMARTS) is 1. The Kier molecular flexibility index (Phi) is 4.70. The predicted molar refractivity (Wildman–Crippen MR) is 82.8 cm³/mol. The molecule has 3 N–H and O–H groups in total. The molecule has 0 bridgehead atoms. The first-order chi connectivity index (χ1) is 10.1. The van der Waals surface area contributed by atoms with Crippen LogP contribution in [0.4, 0.5) is 0 Å². The molecule has 3 atom stereocenters. The molecule has 1 aliphatic carbocycles. The van der Waals surface area contributed by atoms with Crippen molar-refractivity contribution >= 4 is 35.1 Å². The lowest BCUT2D eigenvalue weighted by molar-refractivity contribution is -0.140. The van der Waals surface area contributed by atoms with Crippen molar-refractivity contribution in [3.8, 4) is 0 Å². The Morgan fingerprint density at radius 3 is 2.23 bits per heavy atom. The maximum absolute atomic E-state index is 12.1. The number of nitrogens with one attached hydrogen (secondary N) is 1. The Labute approximate surface area is 138 Å². The molecule has 1 aromatic rings. The van der Waals surface area contributed by atoms with E-state index in [0.717, 1.165) is 0 Å². The van der Waals surface area contributed by atoms with Gasteiger partial charge in [-0.3, -0.25) is 9.59 Å². The number of hydrogen-bond donors (Lipinski definition) is 3. The second-order valence-corrected chi connectivity index (χ2v) is 6.95. The van der Waals surface area contributed by atoms with Gasteiger partial charge < -0.3 is 15.5 Å². The van der Waals surface area contributed by atoms with Crippen LogP contribution < -0.4 is 5.32 Å². The van der Waals surface area contributed by atoms with Crippen LogP contribution in [-0.4, -0.2) is 28.6 Å². The highest BCUT2D eigenvalue weighted by Gasteiger charge is 2.65. The Hall–Kier alpha value is -1.30. The van der Waals surface area contributed by atoms with E-state index >= 15 is 0 Å². The predicted octanol–water partition coefficient (Wildman–Crippen LogP) is 2.50. The van der Waals surface area contributed by atoms with E-state index in [9.17, 15) is 14.7 Å².